The van der Waals surface area contributed by atoms with Crippen molar-refractivity contribution in [2.75, 3.05) is 39.8 Å². The predicted octanol–water partition coefficient (Wildman–Crippen LogP) is 0.219. The molecule has 1 N–H and O–H groups in total. The molecule has 6 nitrogen and oxygen atoms in total. The Labute approximate surface area is 149 Å². The van der Waals surface area contributed by atoms with Crippen molar-refractivity contribution in [3.05, 3.63) is 40.6 Å². The lowest BCUT2D eigenvalue weighted by Gasteiger charge is -2.30. The van der Waals surface area contributed by atoms with Gasteiger partial charge in [0.25, 0.3) is 11.1 Å². The van der Waals surface area contributed by atoms with Crippen molar-refractivity contribution in [1.29, 1.82) is 0 Å². The number of imide groups is 1. The summed E-state index contributed by atoms with van der Waals surface area (Å²) < 4.78 is 13.7. The van der Waals surface area contributed by atoms with Gasteiger partial charge in [-0.1, -0.05) is 18.2 Å². The topological polar surface area (TPSA) is 62.1 Å². The second-order valence-corrected chi connectivity index (χ2v) is 7.12. The van der Waals surface area contributed by atoms with Crippen LogP contribution in [0, 0.1) is 5.82 Å². The van der Waals surface area contributed by atoms with Gasteiger partial charge in [0, 0.05) is 5.56 Å². The number of piperazine rings is 1. The van der Waals surface area contributed by atoms with Crippen molar-refractivity contribution < 1.29 is 23.7 Å². The molecule has 2 saturated heterocycles. The maximum absolute atomic E-state index is 13.7. The minimum Gasteiger partial charge on any atom is -0.334 e. The van der Waals surface area contributed by atoms with E-state index < -0.39 is 17.0 Å². The van der Waals surface area contributed by atoms with Crippen LogP contribution in [0.25, 0.3) is 6.08 Å². The molecule has 25 heavy (non-hydrogen) atoms. The molecular formula is C17H19FN3O3S+. The molecule has 0 radical (unpaired) electrons. The van der Waals surface area contributed by atoms with Crippen LogP contribution in [0.5, 0.6) is 0 Å². The molecule has 0 aromatic heterocycles. The molecule has 0 aliphatic carbocycles. The molecule has 0 bridgehead atoms. The monoisotopic (exact) mass is 364 g/mol. The van der Waals surface area contributed by atoms with Crippen LogP contribution in [0.4, 0.5) is 9.18 Å². The van der Waals surface area contributed by atoms with Crippen LogP contribution in [-0.2, 0) is 9.59 Å². The minimum absolute atomic E-state index is 0.130. The Balaban J connectivity index is 1.69. The first-order valence-corrected chi connectivity index (χ1v) is 8.86. The standard InChI is InChI=1S/C17H18FN3O3S/c1-19-6-8-20(9-7-19)15(22)11-21-16(23)14(25-17(21)24)10-12-4-2-3-5-13(12)18/h2-5,10H,6-9,11H2,1H3/p+1/b14-10-. The van der Waals surface area contributed by atoms with E-state index in [1.165, 1.54) is 23.1 Å². The maximum atomic E-state index is 13.7. The Morgan fingerprint density at radius 1 is 1.28 bits per heavy atom. The number of amides is 3. The molecule has 2 aliphatic heterocycles. The summed E-state index contributed by atoms with van der Waals surface area (Å²) >= 11 is 0.731. The van der Waals surface area contributed by atoms with Gasteiger partial charge in [-0.15, -0.1) is 0 Å². The van der Waals surface area contributed by atoms with Gasteiger partial charge in [-0.3, -0.25) is 19.3 Å². The van der Waals surface area contributed by atoms with Crippen LogP contribution >= 0.6 is 11.8 Å². The van der Waals surface area contributed by atoms with Crippen LogP contribution in [0.2, 0.25) is 0 Å². The summed E-state index contributed by atoms with van der Waals surface area (Å²) in [5, 5.41) is -0.499. The maximum Gasteiger partial charge on any atom is 0.294 e. The van der Waals surface area contributed by atoms with E-state index in [2.05, 4.69) is 7.05 Å². The molecule has 2 fully saturated rings. The largest absolute Gasteiger partial charge is 0.334 e. The lowest BCUT2D eigenvalue weighted by atomic mass is 10.2. The Hall–Kier alpha value is -2.19. The molecular weight excluding hydrogens is 345 g/mol. The number of nitrogens with zero attached hydrogens (tertiary/aromatic N) is 2. The normalized spacial score (nSPS) is 20.6. The fourth-order valence-electron chi connectivity index (χ4n) is 2.74. The van der Waals surface area contributed by atoms with Crippen molar-refractivity contribution >= 4 is 34.9 Å². The smallest absolute Gasteiger partial charge is 0.294 e. The van der Waals surface area contributed by atoms with E-state index in [0.29, 0.717) is 13.1 Å². The second kappa shape index (κ2) is 7.37. The number of quaternary nitrogens is 1. The molecule has 0 atom stereocenters. The number of rotatable bonds is 3. The number of hydrogen-bond donors (Lipinski definition) is 1. The molecule has 132 valence electrons. The number of likely N-dealkylation sites (N-methyl/N-ethyl adjacent to an activating group) is 1. The van der Waals surface area contributed by atoms with Crippen molar-refractivity contribution in [3.63, 3.8) is 0 Å². The van der Waals surface area contributed by atoms with E-state index in [1.54, 1.807) is 17.0 Å². The Morgan fingerprint density at radius 3 is 2.64 bits per heavy atom. The van der Waals surface area contributed by atoms with Gasteiger partial charge < -0.3 is 9.80 Å². The molecule has 1 aromatic rings. The third kappa shape index (κ3) is 3.91. The minimum atomic E-state index is -0.550. The summed E-state index contributed by atoms with van der Waals surface area (Å²) in [6.07, 6.45) is 1.35. The van der Waals surface area contributed by atoms with Crippen molar-refractivity contribution in [2.45, 2.75) is 0 Å². The summed E-state index contributed by atoms with van der Waals surface area (Å²) in [6, 6.07) is 6.02. The first-order chi connectivity index (χ1) is 12.0. The lowest BCUT2D eigenvalue weighted by Crippen LogP contribution is -3.12. The fourth-order valence-corrected chi connectivity index (χ4v) is 3.57. The van der Waals surface area contributed by atoms with Crippen molar-refractivity contribution in [3.8, 4) is 0 Å². The van der Waals surface area contributed by atoms with E-state index >= 15 is 0 Å². The highest BCUT2D eigenvalue weighted by atomic mass is 32.2. The molecule has 0 unspecified atom stereocenters. The van der Waals surface area contributed by atoms with E-state index in [0.717, 1.165) is 29.8 Å². The number of thioether (sulfide) groups is 1. The van der Waals surface area contributed by atoms with Crippen LogP contribution < -0.4 is 4.90 Å². The fraction of sp³-hybridized carbons (Fsp3) is 0.353. The Morgan fingerprint density at radius 2 is 1.96 bits per heavy atom. The van der Waals surface area contributed by atoms with E-state index in [1.807, 2.05) is 0 Å². The zero-order chi connectivity index (χ0) is 18.0. The zero-order valence-corrected chi connectivity index (χ0v) is 14.6. The van der Waals surface area contributed by atoms with E-state index in [9.17, 15) is 18.8 Å². The van der Waals surface area contributed by atoms with Gasteiger partial charge in [0.15, 0.2) is 0 Å². The summed E-state index contributed by atoms with van der Waals surface area (Å²) in [6.45, 7) is 2.66. The highest BCUT2D eigenvalue weighted by Gasteiger charge is 2.37. The third-order valence-electron chi connectivity index (χ3n) is 4.33. The van der Waals surface area contributed by atoms with Gasteiger partial charge in [-0.05, 0) is 23.9 Å². The summed E-state index contributed by atoms with van der Waals surface area (Å²) in [5.74, 6) is -1.25. The average Bonchev–Trinajstić information content (AvgIpc) is 2.85. The van der Waals surface area contributed by atoms with Gasteiger partial charge in [0.1, 0.15) is 12.4 Å². The highest BCUT2D eigenvalue weighted by Crippen LogP contribution is 2.32. The Kier molecular flexibility index (Phi) is 5.19. The second-order valence-electron chi connectivity index (χ2n) is 6.13. The first kappa shape index (κ1) is 17.6. The van der Waals surface area contributed by atoms with Crippen LogP contribution in [-0.4, -0.2) is 66.6 Å². The van der Waals surface area contributed by atoms with E-state index in [4.69, 9.17) is 0 Å². The average molecular weight is 364 g/mol. The third-order valence-corrected chi connectivity index (χ3v) is 5.24. The molecule has 3 amide bonds. The summed E-state index contributed by atoms with van der Waals surface area (Å²) in [5.41, 5.74) is 0.237. The number of nitrogens with one attached hydrogen (secondary N) is 1. The number of carbonyl (C=O) groups excluding carboxylic acids is 3. The first-order valence-electron chi connectivity index (χ1n) is 8.04. The molecule has 3 rings (SSSR count). The molecule has 0 saturated carbocycles. The summed E-state index contributed by atoms with van der Waals surface area (Å²) in [4.78, 5) is 41.0. The van der Waals surface area contributed by atoms with Crippen molar-refractivity contribution in [2.24, 2.45) is 0 Å². The van der Waals surface area contributed by atoms with Crippen LogP contribution in [0.15, 0.2) is 29.2 Å². The van der Waals surface area contributed by atoms with Gasteiger partial charge in [0.05, 0.1) is 38.1 Å². The molecule has 2 aliphatic rings. The van der Waals surface area contributed by atoms with Gasteiger partial charge in [0.2, 0.25) is 5.91 Å². The van der Waals surface area contributed by atoms with Gasteiger partial charge >= 0.3 is 0 Å². The molecule has 0 spiro atoms. The number of hydrogen-bond acceptors (Lipinski definition) is 4. The van der Waals surface area contributed by atoms with E-state index in [-0.39, 0.29) is 22.9 Å². The van der Waals surface area contributed by atoms with Gasteiger partial charge in [-0.2, -0.15) is 0 Å². The lowest BCUT2D eigenvalue weighted by molar-refractivity contribution is -0.883. The van der Waals surface area contributed by atoms with Crippen LogP contribution in [0.3, 0.4) is 0 Å². The summed E-state index contributed by atoms with van der Waals surface area (Å²) in [7, 11) is 2.06. The van der Waals surface area contributed by atoms with Gasteiger partial charge in [-0.25, -0.2) is 4.39 Å². The number of benzene rings is 1. The molecule has 1 aromatic carbocycles. The predicted molar refractivity (Wildman–Crippen MR) is 92.3 cm³/mol. The molecule has 2 heterocycles. The quantitative estimate of drug-likeness (QED) is 0.780. The molecule has 8 heteroatoms. The highest BCUT2D eigenvalue weighted by molar-refractivity contribution is 8.18. The number of carbonyl (C=O) groups is 3. The van der Waals surface area contributed by atoms with Crippen molar-refractivity contribution in [1.82, 2.24) is 9.80 Å². The zero-order valence-electron chi connectivity index (χ0n) is 13.8. The number of halogens is 1. The Bertz CT molecular complexity index is 744. The SMILES string of the molecule is C[NH+]1CCN(C(=O)CN2C(=O)S/C(=C\c3ccccc3F)C2=O)CC1. The van der Waals surface area contributed by atoms with Crippen LogP contribution in [0.1, 0.15) is 5.56 Å².